The van der Waals surface area contributed by atoms with Crippen molar-refractivity contribution in [1.29, 1.82) is 0 Å². The highest BCUT2D eigenvalue weighted by Gasteiger charge is 2.18. The second kappa shape index (κ2) is 8.95. The van der Waals surface area contributed by atoms with Gasteiger partial charge in [-0.05, 0) is 36.4 Å². The van der Waals surface area contributed by atoms with Gasteiger partial charge in [-0.3, -0.25) is 14.9 Å². The first-order chi connectivity index (χ1) is 15.4. The smallest absolute Gasteiger partial charge is 0.339 e. The van der Waals surface area contributed by atoms with E-state index in [1.165, 1.54) is 24.3 Å². The van der Waals surface area contributed by atoms with Gasteiger partial charge in [0.2, 0.25) is 0 Å². The van der Waals surface area contributed by atoms with Crippen molar-refractivity contribution < 1.29 is 19.2 Å². The predicted molar refractivity (Wildman–Crippen MR) is 120 cm³/mol. The molecule has 0 unspecified atom stereocenters. The lowest BCUT2D eigenvalue weighted by Gasteiger charge is -2.10. The summed E-state index contributed by atoms with van der Waals surface area (Å²) in [5.74, 6) is -1.18. The molecule has 0 aliphatic rings. The number of nitrogens with zero attached hydrogens (tertiary/aromatic N) is 2. The van der Waals surface area contributed by atoms with Crippen LogP contribution in [0.1, 0.15) is 20.7 Å². The molecular formula is C24H15ClN2O5. The van der Waals surface area contributed by atoms with E-state index in [1.807, 2.05) is 30.3 Å². The highest BCUT2D eigenvalue weighted by molar-refractivity contribution is 6.31. The molecular weight excluding hydrogens is 432 g/mol. The van der Waals surface area contributed by atoms with Crippen molar-refractivity contribution in [1.82, 2.24) is 4.98 Å². The Morgan fingerprint density at radius 3 is 2.38 bits per heavy atom. The molecule has 4 aromatic rings. The topological polar surface area (TPSA) is 99.4 Å². The zero-order valence-corrected chi connectivity index (χ0v) is 17.3. The second-order valence-corrected chi connectivity index (χ2v) is 7.32. The maximum absolute atomic E-state index is 12.9. The van der Waals surface area contributed by atoms with Gasteiger partial charge < -0.3 is 4.74 Å². The van der Waals surface area contributed by atoms with Crippen molar-refractivity contribution in [2.75, 3.05) is 6.61 Å². The van der Waals surface area contributed by atoms with Crippen LogP contribution in [0.5, 0.6) is 0 Å². The number of nitro benzene ring substituents is 1. The molecule has 4 rings (SSSR count). The first-order valence-electron chi connectivity index (χ1n) is 9.53. The summed E-state index contributed by atoms with van der Waals surface area (Å²) in [6.07, 6.45) is 0. The number of ketones is 1. The van der Waals surface area contributed by atoms with Crippen molar-refractivity contribution in [3.63, 3.8) is 0 Å². The van der Waals surface area contributed by atoms with Gasteiger partial charge in [-0.25, -0.2) is 9.78 Å². The molecule has 1 heterocycles. The number of aromatic nitrogens is 1. The maximum atomic E-state index is 12.9. The largest absolute Gasteiger partial charge is 0.454 e. The summed E-state index contributed by atoms with van der Waals surface area (Å²) in [5, 5.41) is 11.7. The van der Waals surface area contributed by atoms with Crippen LogP contribution in [-0.2, 0) is 4.74 Å². The molecule has 0 N–H and O–H groups in total. The number of rotatable bonds is 6. The van der Waals surface area contributed by atoms with Gasteiger partial charge in [0, 0.05) is 33.7 Å². The molecule has 7 nitrogen and oxygen atoms in total. The fourth-order valence-corrected chi connectivity index (χ4v) is 3.36. The Labute approximate surface area is 187 Å². The Bertz CT molecular complexity index is 1340. The lowest BCUT2D eigenvalue weighted by molar-refractivity contribution is -0.384. The molecule has 0 aliphatic heterocycles. The molecule has 0 spiro atoms. The van der Waals surface area contributed by atoms with Gasteiger partial charge in [-0.15, -0.1) is 0 Å². The molecule has 0 radical (unpaired) electrons. The molecule has 0 amide bonds. The van der Waals surface area contributed by atoms with Crippen molar-refractivity contribution in [3.05, 3.63) is 105 Å². The Kier molecular flexibility index (Phi) is 5.91. The summed E-state index contributed by atoms with van der Waals surface area (Å²) >= 11 is 6.11. The minimum atomic E-state index is -0.702. The standard InChI is InChI=1S/C24H15ClN2O5/c25-17-8-11-21-19(12-17)20(13-22(26-21)15-4-2-1-3-5-15)24(29)32-14-23(28)16-6-9-18(10-7-16)27(30)31/h1-13H,14H2. The summed E-state index contributed by atoms with van der Waals surface area (Å²) in [5.41, 5.74) is 2.26. The minimum absolute atomic E-state index is 0.132. The molecule has 0 saturated heterocycles. The van der Waals surface area contributed by atoms with Crippen LogP contribution in [-0.4, -0.2) is 28.3 Å². The van der Waals surface area contributed by atoms with E-state index in [4.69, 9.17) is 16.3 Å². The zero-order valence-electron chi connectivity index (χ0n) is 16.5. The number of nitro groups is 1. The summed E-state index contributed by atoms with van der Waals surface area (Å²) in [4.78, 5) is 40.1. The lowest BCUT2D eigenvalue weighted by atomic mass is 10.0. The molecule has 0 saturated carbocycles. The molecule has 0 fully saturated rings. The van der Waals surface area contributed by atoms with Crippen LogP contribution in [0.4, 0.5) is 5.69 Å². The predicted octanol–water partition coefficient (Wildman–Crippen LogP) is 5.50. The Balaban J connectivity index is 1.61. The number of carbonyl (C=O) groups excluding carboxylic acids is 2. The first-order valence-corrected chi connectivity index (χ1v) is 9.90. The highest BCUT2D eigenvalue weighted by atomic mass is 35.5. The van der Waals surface area contributed by atoms with Crippen LogP contribution < -0.4 is 0 Å². The monoisotopic (exact) mass is 446 g/mol. The Hall–Kier alpha value is -4.10. The van der Waals surface area contributed by atoms with Crippen molar-refractivity contribution in [2.45, 2.75) is 0 Å². The number of non-ortho nitro benzene ring substituents is 1. The van der Waals surface area contributed by atoms with Gasteiger partial charge in [0.25, 0.3) is 5.69 Å². The van der Waals surface area contributed by atoms with Crippen LogP contribution in [0.15, 0.2) is 78.9 Å². The average molecular weight is 447 g/mol. The maximum Gasteiger partial charge on any atom is 0.339 e. The SMILES string of the molecule is O=C(COC(=O)c1cc(-c2ccccc2)nc2ccc(Cl)cc12)c1ccc([N+](=O)[O-])cc1. The van der Waals surface area contributed by atoms with Gasteiger partial charge >= 0.3 is 5.97 Å². The average Bonchev–Trinajstić information content (AvgIpc) is 2.82. The van der Waals surface area contributed by atoms with E-state index >= 15 is 0 Å². The van der Waals surface area contributed by atoms with Crippen molar-refractivity contribution >= 4 is 39.9 Å². The van der Waals surface area contributed by atoms with Crippen LogP contribution >= 0.6 is 11.6 Å². The lowest BCUT2D eigenvalue weighted by Crippen LogP contribution is -2.15. The number of fused-ring (bicyclic) bond motifs is 1. The fourth-order valence-electron chi connectivity index (χ4n) is 3.18. The molecule has 8 heteroatoms. The molecule has 0 bridgehead atoms. The number of benzene rings is 3. The third-order valence-corrected chi connectivity index (χ3v) is 5.03. The summed E-state index contributed by atoms with van der Waals surface area (Å²) in [6.45, 7) is -0.512. The van der Waals surface area contributed by atoms with Gasteiger partial charge in [-0.1, -0.05) is 41.9 Å². The quantitative estimate of drug-likeness (QED) is 0.168. The normalized spacial score (nSPS) is 10.7. The van der Waals surface area contributed by atoms with Gasteiger partial charge in [-0.2, -0.15) is 0 Å². The third-order valence-electron chi connectivity index (χ3n) is 4.79. The summed E-state index contributed by atoms with van der Waals surface area (Å²) < 4.78 is 5.27. The van der Waals surface area contributed by atoms with Crippen LogP contribution in [0.3, 0.4) is 0 Å². The van der Waals surface area contributed by atoms with Crippen molar-refractivity contribution in [3.8, 4) is 11.3 Å². The van der Waals surface area contributed by atoms with Gasteiger partial charge in [0.1, 0.15) is 0 Å². The van der Waals surface area contributed by atoms with Crippen LogP contribution in [0, 0.1) is 10.1 Å². The number of esters is 1. The minimum Gasteiger partial charge on any atom is -0.454 e. The van der Waals surface area contributed by atoms with Crippen molar-refractivity contribution in [2.24, 2.45) is 0 Å². The second-order valence-electron chi connectivity index (χ2n) is 6.89. The Morgan fingerprint density at radius 1 is 0.969 bits per heavy atom. The number of halogens is 1. The molecule has 1 aromatic heterocycles. The molecule has 32 heavy (non-hydrogen) atoms. The number of carbonyl (C=O) groups is 2. The molecule has 158 valence electrons. The summed E-state index contributed by atoms with van der Waals surface area (Å²) in [7, 11) is 0. The summed E-state index contributed by atoms with van der Waals surface area (Å²) in [6, 6.07) is 21.1. The van der Waals surface area contributed by atoms with E-state index in [9.17, 15) is 19.7 Å². The van der Waals surface area contributed by atoms with Gasteiger partial charge in [0.05, 0.1) is 21.7 Å². The molecule has 3 aromatic carbocycles. The van der Waals surface area contributed by atoms with Crippen LogP contribution in [0.25, 0.3) is 22.2 Å². The first kappa shape index (κ1) is 21.1. The third kappa shape index (κ3) is 4.48. The van der Waals surface area contributed by atoms with E-state index in [1.54, 1.807) is 24.3 Å². The van der Waals surface area contributed by atoms with E-state index in [0.29, 0.717) is 21.6 Å². The number of ether oxygens (including phenoxy) is 1. The molecule has 0 atom stereocenters. The fraction of sp³-hybridized carbons (Fsp3) is 0.0417. The van der Waals surface area contributed by atoms with Crippen LogP contribution in [0.2, 0.25) is 5.02 Å². The highest BCUT2D eigenvalue weighted by Crippen LogP contribution is 2.27. The number of hydrogen-bond donors (Lipinski definition) is 0. The Morgan fingerprint density at radius 2 is 1.69 bits per heavy atom. The van der Waals surface area contributed by atoms with E-state index in [-0.39, 0.29) is 16.8 Å². The number of pyridine rings is 1. The number of hydrogen-bond acceptors (Lipinski definition) is 6. The number of Topliss-reactive ketones (excluding diaryl/α,β-unsaturated/α-hetero) is 1. The van der Waals surface area contributed by atoms with E-state index < -0.39 is 23.3 Å². The zero-order chi connectivity index (χ0) is 22.7. The van der Waals surface area contributed by atoms with E-state index in [0.717, 1.165) is 5.56 Å². The molecule has 0 aliphatic carbocycles. The van der Waals surface area contributed by atoms with Gasteiger partial charge in [0.15, 0.2) is 12.4 Å². The van der Waals surface area contributed by atoms with E-state index in [2.05, 4.69) is 4.98 Å².